The van der Waals surface area contributed by atoms with Gasteiger partial charge in [-0.1, -0.05) is 72.8 Å². The van der Waals surface area contributed by atoms with Gasteiger partial charge >= 0.3 is 12.0 Å². The van der Waals surface area contributed by atoms with Gasteiger partial charge in [0, 0.05) is 11.8 Å². The van der Waals surface area contributed by atoms with Crippen molar-refractivity contribution < 1.29 is 28.5 Å². The topological polar surface area (TPSA) is 95.1 Å². The first-order valence-electron chi connectivity index (χ1n) is 13.6. The molecule has 4 aromatic carbocycles. The van der Waals surface area contributed by atoms with Crippen molar-refractivity contribution in [3.63, 3.8) is 0 Å². The van der Waals surface area contributed by atoms with Gasteiger partial charge in [0.25, 0.3) is 0 Å². The standard InChI is InChI=1S/C34H32N2O6/c1-23-31(33(37)42-22-26-13-15-28(39-2)16-14-26)32(36-34(38)35-23)27-17-29(40-20-24-9-5-3-6-10-24)19-30(18-27)41-21-25-11-7-4-8-12-25/h3-19,32H,20-22H2,1-2H3,(H2,35,36,38). The van der Waals surface area contributed by atoms with Crippen LogP contribution >= 0.6 is 0 Å². The summed E-state index contributed by atoms with van der Waals surface area (Å²) in [5.74, 6) is 1.23. The summed E-state index contributed by atoms with van der Waals surface area (Å²) in [7, 11) is 1.59. The summed E-state index contributed by atoms with van der Waals surface area (Å²) in [6.07, 6.45) is 0. The van der Waals surface area contributed by atoms with Crippen LogP contribution in [0, 0.1) is 0 Å². The number of carbonyl (C=O) groups excluding carboxylic acids is 2. The molecule has 0 bridgehead atoms. The van der Waals surface area contributed by atoms with Crippen molar-refractivity contribution >= 4 is 12.0 Å². The summed E-state index contributed by atoms with van der Waals surface area (Å²) >= 11 is 0. The van der Waals surface area contributed by atoms with Crippen molar-refractivity contribution in [2.75, 3.05) is 7.11 Å². The second kappa shape index (κ2) is 13.4. The van der Waals surface area contributed by atoms with Crippen molar-refractivity contribution in [3.8, 4) is 17.2 Å². The van der Waals surface area contributed by atoms with E-state index in [1.54, 1.807) is 44.4 Å². The van der Waals surface area contributed by atoms with Crippen molar-refractivity contribution in [1.82, 2.24) is 10.6 Å². The highest BCUT2D eigenvalue weighted by Gasteiger charge is 2.33. The molecule has 0 saturated heterocycles. The Balaban J connectivity index is 1.41. The van der Waals surface area contributed by atoms with Gasteiger partial charge in [0.1, 0.15) is 37.1 Å². The van der Waals surface area contributed by atoms with Crippen molar-refractivity contribution in [2.45, 2.75) is 32.8 Å². The highest BCUT2D eigenvalue weighted by molar-refractivity contribution is 5.95. The van der Waals surface area contributed by atoms with Crippen LogP contribution in [0.15, 0.2) is 114 Å². The van der Waals surface area contributed by atoms with Gasteiger partial charge in [-0.05, 0) is 53.4 Å². The third-order valence-electron chi connectivity index (χ3n) is 6.75. The van der Waals surface area contributed by atoms with E-state index >= 15 is 0 Å². The van der Waals surface area contributed by atoms with Gasteiger partial charge in [-0.2, -0.15) is 0 Å². The second-order valence-electron chi connectivity index (χ2n) is 9.78. The Morgan fingerprint density at radius 1 is 0.714 bits per heavy atom. The summed E-state index contributed by atoms with van der Waals surface area (Å²) in [6.45, 7) is 2.42. The lowest BCUT2D eigenvalue weighted by atomic mass is 9.95. The Bertz CT molecular complexity index is 1490. The predicted molar refractivity (Wildman–Crippen MR) is 158 cm³/mol. The molecule has 0 radical (unpaired) electrons. The summed E-state index contributed by atoms with van der Waals surface area (Å²) in [4.78, 5) is 26.0. The Labute approximate surface area is 244 Å². The Morgan fingerprint density at radius 2 is 1.26 bits per heavy atom. The van der Waals surface area contributed by atoms with Gasteiger partial charge < -0.3 is 29.6 Å². The fraction of sp³-hybridized carbons (Fsp3) is 0.176. The smallest absolute Gasteiger partial charge is 0.338 e. The largest absolute Gasteiger partial charge is 0.497 e. The minimum Gasteiger partial charge on any atom is -0.497 e. The van der Waals surface area contributed by atoms with E-state index in [0.29, 0.717) is 41.7 Å². The number of esters is 1. The maximum absolute atomic E-state index is 13.4. The van der Waals surface area contributed by atoms with Crippen molar-refractivity contribution in [2.24, 2.45) is 0 Å². The van der Waals surface area contributed by atoms with E-state index in [1.807, 2.05) is 72.8 Å². The lowest BCUT2D eigenvalue weighted by Crippen LogP contribution is -2.45. The molecule has 1 unspecified atom stereocenters. The molecule has 0 spiro atoms. The molecular weight excluding hydrogens is 532 g/mol. The number of benzene rings is 4. The zero-order valence-corrected chi connectivity index (χ0v) is 23.5. The van der Waals surface area contributed by atoms with Crippen LogP contribution in [0.3, 0.4) is 0 Å². The maximum Gasteiger partial charge on any atom is 0.338 e. The molecule has 2 N–H and O–H groups in total. The molecule has 214 valence electrons. The van der Waals surface area contributed by atoms with Crippen molar-refractivity contribution in [3.05, 3.63) is 137 Å². The molecule has 2 amide bonds. The van der Waals surface area contributed by atoms with E-state index in [2.05, 4.69) is 10.6 Å². The van der Waals surface area contributed by atoms with Crippen LogP contribution in [-0.2, 0) is 29.4 Å². The Morgan fingerprint density at radius 3 is 1.81 bits per heavy atom. The number of methoxy groups -OCH3 is 1. The lowest BCUT2D eigenvalue weighted by Gasteiger charge is -2.28. The fourth-order valence-corrected chi connectivity index (χ4v) is 4.57. The minimum atomic E-state index is -0.790. The van der Waals surface area contributed by atoms with E-state index in [9.17, 15) is 9.59 Å². The maximum atomic E-state index is 13.4. The molecule has 1 aliphatic rings. The van der Waals surface area contributed by atoms with Gasteiger partial charge in [-0.25, -0.2) is 9.59 Å². The number of urea groups is 1. The molecule has 1 atom stereocenters. The normalized spacial score (nSPS) is 14.4. The first kappa shape index (κ1) is 28.3. The SMILES string of the molecule is COc1ccc(COC(=O)C2=C(C)NC(=O)NC2c2cc(OCc3ccccc3)cc(OCc3ccccc3)c2)cc1. The van der Waals surface area contributed by atoms with Crippen molar-refractivity contribution in [1.29, 1.82) is 0 Å². The molecule has 42 heavy (non-hydrogen) atoms. The van der Waals surface area contributed by atoms with E-state index in [-0.39, 0.29) is 12.2 Å². The van der Waals surface area contributed by atoms with Gasteiger partial charge in [0.15, 0.2) is 0 Å². The van der Waals surface area contributed by atoms with Gasteiger partial charge in [0.2, 0.25) is 0 Å². The number of rotatable bonds is 11. The zero-order chi connectivity index (χ0) is 29.3. The van der Waals surface area contributed by atoms with E-state index < -0.39 is 18.0 Å². The Hall–Kier alpha value is -5.24. The molecule has 1 heterocycles. The predicted octanol–water partition coefficient (Wildman–Crippen LogP) is 6.22. The number of hydrogen-bond donors (Lipinski definition) is 2. The third kappa shape index (κ3) is 7.28. The highest BCUT2D eigenvalue weighted by Crippen LogP contribution is 2.34. The van der Waals surface area contributed by atoms with E-state index in [4.69, 9.17) is 18.9 Å². The van der Waals surface area contributed by atoms with Crippen LogP contribution in [-0.4, -0.2) is 19.1 Å². The first-order valence-corrected chi connectivity index (χ1v) is 13.6. The molecule has 0 saturated carbocycles. The summed E-state index contributed by atoms with van der Waals surface area (Å²) < 4.78 is 23.2. The monoisotopic (exact) mass is 564 g/mol. The molecule has 4 aromatic rings. The lowest BCUT2D eigenvalue weighted by molar-refractivity contribution is -0.140. The van der Waals surface area contributed by atoms with Crippen LogP contribution in [0.25, 0.3) is 0 Å². The van der Waals surface area contributed by atoms with Crippen LogP contribution in [0.4, 0.5) is 4.79 Å². The zero-order valence-electron chi connectivity index (χ0n) is 23.5. The molecule has 0 fully saturated rings. The summed E-state index contributed by atoms with van der Waals surface area (Å²) in [5, 5.41) is 5.57. The highest BCUT2D eigenvalue weighted by atomic mass is 16.5. The third-order valence-corrected chi connectivity index (χ3v) is 6.75. The number of allylic oxidation sites excluding steroid dienone is 1. The van der Waals surface area contributed by atoms with Crippen LogP contribution in [0.1, 0.15) is 35.2 Å². The van der Waals surface area contributed by atoms with Crippen LogP contribution < -0.4 is 24.8 Å². The number of ether oxygens (including phenoxy) is 4. The fourth-order valence-electron chi connectivity index (χ4n) is 4.57. The number of hydrogen-bond acceptors (Lipinski definition) is 6. The van der Waals surface area contributed by atoms with Crippen LogP contribution in [0.5, 0.6) is 17.2 Å². The second-order valence-corrected chi connectivity index (χ2v) is 9.78. The first-order chi connectivity index (χ1) is 20.5. The van der Waals surface area contributed by atoms with E-state index in [0.717, 1.165) is 16.7 Å². The molecule has 5 rings (SSSR count). The number of carbonyl (C=O) groups is 2. The molecule has 1 aliphatic heterocycles. The van der Waals surface area contributed by atoms with Gasteiger partial charge in [0.05, 0.1) is 18.7 Å². The molecule has 8 heteroatoms. The summed E-state index contributed by atoms with van der Waals surface area (Å²) in [5.41, 5.74) is 4.13. The molecule has 8 nitrogen and oxygen atoms in total. The summed E-state index contributed by atoms with van der Waals surface area (Å²) in [6, 6.07) is 31.1. The quantitative estimate of drug-likeness (QED) is 0.210. The van der Waals surface area contributed by atoms with Gasteiger partial charge in [-0.3, -0.25) is 0 Å². The average Bonchev–Trinajstić information content (AvgIpc) is 3.02. The minimum absolute atomic E-state index is 0.0614. The average molecular weight is 565 g/mol. The number of nitrogens with one attached hydrogen (secondary N) is 2. The number of amides is 2. The van der Waals surface area contributed by atoms with E-state index in [1.165, 1.54) is 0 Å². The molecule has 0 aromatic heterocycles. The molecule has 0 aliphatic carbocycles. The van der Waals surface area contributed by atoms with Crippen LogP contribution in [0.2, 0.25) is 0 Å². The van der Waals surface area contributed by atoms with Gasteiger partial charge in [-0.15, -0.1) is 0 Å². The molecular formula is C34H32N2O6. The Kier molecular flexibility index (Phi) is 9.03.